The first kappa shape index (κ1) is 21.6. The molecule has 0 bridgehead atoms. The van der Waals surface area contributed by atoms with Gasteiger partial charge in [0.2, 0.25) is 0 Å². The molecule has 0 aromatic heterocycles. The van der Waals surface area contributed by atoms with Crippen LogP contribution in [0.4, 0.5) is 21.0 Å². The molecule has 0 saturated carbocycles. The minimum absolute atomic E-state index is 0.0917. The molecule has 0 aliphatic rings. The first-order chi connectivity index (χ1) is 12.2. The van der Waals surface area contributed by atoms with E-state index in [1.54, 1.807) is 52.0 Å². The SMILES string of the molecule is CC(C)OC(=O)NC(=S)Nc1cccc(NC(=S)NC(=O)OC(C)C)c1. The summed E-state index contributed by atoms with van der Waals surface area (Å²) in [5, 5.41) is 10.7. The van der Waals surface area contributed by atoms with Crippen LogP contribution in [0.15, 0.2) is 24.3 Å². The van der Waals surface area contributed by atoms with E-state index in [4.69, 9.17) is 33.9 Å². The Kier molecular flexibility index (Phi) is 8.73. The summed E-state index contributed by atoms with van der Waals surface area (Å²) in [7, 11) is 0. The van der Waals surface area contributed by atoms with Gasteiger partial charge in [-0.05, 0) is 70.3 Å². The molecule has 2 amide bonds. The first-order valence-electron chi connectivity index (χ1n) is 7.83. The topological polar surface area (TPSA) is 101 Å². The summed E-state index contributed by atoms with van der Waals surface area (Å²) in [4.78, 5) is 23.0. The number of nitrogens with one attached hydrogen (secondary N) is 4. The van der Waals surface area contributed by atoms with Crippen LogP contribution in [-0.2, 0) is 9.47 Å². The van der Waals surface area contributed by atoms with Crippen molar-refractivity contribution in [2.45, 2.75) is 39.9 Å². The summed E-state index contributed by atoms with van der Waals surface area (Å²) in [6.45, 7) is 6.94. The lowest BCUT2D eigenvalue weighted by Gasteiger charge is -2.14. The third kappa shape index (κ3) is 9.14. The molecule has 8 nitrogen and oxygen atoms in total. The van der Waals surface area contributed by atoms with Crippen LogP contribution < -0.4 is 21.3 Å². The van der Waals surface area contributed by atoms with E-state index < -0.39 is 12.2 Å². The van der Waals surface area contributed by atoms with Gasteiger partial charge < -0.3 is 20.1 Å². The summed E-state index contributed by atoms with van der Waals surface area (Å²) >= 11 is 10.1. The molecule has 0 radical (unpaired) electrons. The van der Waals surface area contributed by atoms with Crippen molar-refractivity contribution in [1.82, 2.24) is 10.6 Å². The van der Waals surface area contributed by atoms with Crippen LogP contribution in [0, 0.1) is 0 Å². The largest absolute Gasteiger partial charge is 0.447 e. The Morgan fingerprint density at radius 1 is 0.846 bits per heavy atom. The molecule has 142 valence electrons. The van der Waals surface area contributed by atoms with E-state index in [-0.39, 0.29) is 22.4 Å². The fraction of sp³-hybridized carbons (Fsp3) is 0.375. The lowest BCUT2D eigenvalue weighted by atomic mass is 10.3. The molecular formula is C16H22N4O4S2. The Morgan fingerprint density at radius 2 is 1.23 bits per heavy atom. The highest BCUT2D eigenvalue weighted by Crippen LogP contribution is 2.15. The minimum Gasteiger partial charge on any atom is -0.447 e. The van der Waals surface area contributed by atoms with Gasteiger partial charge in [0, 0.05) is 11.4 Å². The van der Waals surface area contributed by atoms with Gasteiger partial charge in [-0.2, -0.15) is 0 Å². The Bertz CT molecular complexity index is 627. The van der Waals surface area contributed by atoms with Crippen LogP contribution >= 0.6 is 24.4 Å². The molecule has 0 aliphatic heterocycles. The van der Waals surface area contributed by atoms with Crippen LogP contribution in [0.5, 0.6) is 0 Å². The zero-order valence-corrected chi connectivity index (χ0v) is 16.5. The molecule has 0 heterocycles. The summed E-state index contributed by atoms with van der Waals surface area (Å²) in [5.74, 6) is 0. The van der Waals surface area contributed by atoms with Gasteiger partial charge in [-0.1, -0.05) is 6.07 Å². The van der Waals surface area contributed by atoms with Crippen molar-refractivity contribution in [3.63, 3.8) is 0 Å². The average Bonchev–Trinajstić information content (AvgIpc) is 2.44. The summed E-state index contributed by atoms with van der Waals surface area (Å²) in [6.07, 6.45) is -1.77. The van der Waals surface area contributed by atoms with Crippen molar-refractivity contribution in [3.8, 4) is 0 Å². The third-order valence-electron chi connectivity index (χ3n) is 2.49. The number of carbonyl (C=O) groups is 2. The van der Waals surface area contributed by atoms with Crippen LogP contribution in [-0.4, -0.2) is 34.6 Å². The van der Waals surface area contributed by atoms with Crippen LogP contribution in [0.1, 0.15) is 27.7 Å². The van der Waals surface area contributed by atoms with Crippen LogP contribution in [0.2, 0.25) is 0 Å². The number of hydrogen-bond donors (Lipinski definition) is 4. The zero-order chi connectivity index (χ0) is 19.7. The number of thiocarbonyl (C=S) groups is 2. The van der Waals surface area contributed by atoms with E-state index in [9.17, 15) is 9.59 Å². The number of benzene rings is 1. The van der Waals surface area contributed by atoms with E-state index >= 15 is 0 Å². The number of hydrogen-bond acceptors (Lipinski definition) is 6. The summed E-state index contributed by atoms with van der Waals surface area (Å²) in [6, 6.07) is 6.94. The standard InChI is InChI=1S/C16H22N4O4S2/c1-9(2)23-15(21)19-13(25)17-11-6-5-7-12(8-11)18-14(26)20-16(22)24-10(3)4/h5-10H,1-4H3,(H2,17,19,21,25)(H2,18,20,22,26). The molecule has 1 aromatic rings. The number of carbonyl (C=O) groups excluding carboxylic acids is 2. The van der Waals surface area contributed by atoms with E-state index in [1.165, 1.54) is 0 Å². The molecule has 1 aromatic carbocycles. The fourth-order valence-electron chi connectivity index (χ4n) is 1.67. The van der Waals surface area contributed by atoms with E-state index in [0.717, 1.165) is 0 Å². The fourth-order valence-corrected chi connectivity index (χ4v) is 2.07. The maximum atomic E-state index is 11.5. The lowest BCUT2D eigenvalue weighted by molar-refractivity contribution is 0.119. The molecule has 26 heavy (non-hydrogen) atoms. The Labute approximate surface area is 163 Å². The first-order valence-corrected chi connectivity index (χ1v) is 8.64. The molecule has 0 atom stereocenters. The lowest BCUT2D eigenvalue weighted by Crippen LogP contribution is -2.36. The van der Waals surface area contributed by atoms with Crippen molar-refractivity contribution in [1.29, 1.82) is 0 Å². The highest BCUT2D eigenvalue weighted by Gasteiger charge is 2.09. The molecular weight excluding hydrogens is 376 g/mol. The smallest absolute Gasteiger partial charge is 0.413 e. The highest BCUT2D eigenvalue weighted by atomic mass is 32.1. The van der Waals surface area contributed by atoms with Gasteiger partial charge in [0.15, 0.2) is 10.2 Å². The second-order valence-corrected chi connectivity index (χ2v) is 6.46. The quantitative estimate of drug-likeness (QED) is 0.573. The van der Waals surface area contributed by atoms with E-state index in [0.29, 0.717) is 11.4 Å². The van der Waals surface area contributed by atoms with Gasteiger partial charge in [-0.25, -0.2) is 9.59 Å². The Balaban J connectivity index is 2.57. The molecule has 0 spiro atoms. The molecule has 0 fully saturated rings. The van der Waals surface area contributed by atoms with Crippen molar-refractivity contribution in [2.75, 3.05) is 10.6 Å². The van der Waals surface area contributed by atoms with Gasteiger partial charge in [0.1, 0.15) is 0 Å². The Hall–Kier alpha value is -2.46. The second kappa shape index (κ2) is 10.5. The van der Waals surface area contributed by atoms with Crippen LogP contribution in [0.25, 0.3) is 0 Å². The van der Waals surface area contributed by atoms with Crippen LogP contribution in [0.3, 0.4) is 0 Å². The Morgan fingerprint density at radius 3 is 1.58 bits per heavy atom. The molecule has 0 unspecified atom stereocenters. The van der Waals surface area contributed by atoms with E-state index in [2.05, 4.69) is 21.3 Å². The van der Waals surface area contributed by atoms with Crippen molar-refractivity contribution in [3.05, 3.63) is 24.3 Å². The normalized spacial score (nSPS) is 10.1. The van der Waals surface area contributed by atoms with Gasteiger partial charge in [-0.3, -0.25) is 10.6 Å². The highest BCUT2D eigenvalue weighted by molar-refractivity contribution is 7.80. The number of alkyl carbamates (subject to hydrolysis) is 2. The average molecular weight is 399 g/mol. The van der Waals surface area contributed by atoms with E-state index in [1.807, 2.05) is 0 Å². The summed E-state index contributed by atoms with van der Waals surface area (Å²) in [5.41, 5.74) is 1.22. The molecule has 4 N–H and O–H groups in total. The number of anilines is 2. The number of ether oxygens (including phenoxy) is 2. The third-order valence-corrected chi connectivity index (χ3v) is 2.90. The predicted octanol–water partition coefficient (Wildman–Crippen LogP) is 3.35. The molecule has 0 aliphatic carbocycles. The van der Waals surface area contributed by atoms with Gasteiger partial charge in [-0.15, -0.1) is 0 Å². The minimum atomic E-state index is -0.638. The summed E-state index contributed by atoms with van der Waals surface area (Å²) < 4.78 is 9.88. The number of rotatable bonds is 4. The molecule has 0 saturated heterocycles. The number of amides is 2. The zero-order valence-electron chi connectivity index (χ0n) is 14.9. The molecule has 10 heteroatoms. The van der Waals surface area contributed by atoms with Crippen molar-refractivity contribution < 1.29 is 19.1 Å². The maximum absolute atomic E-state index is 11.5. The van der Waals surface area contributed by atoms with Gasteiger partial charge in [0.05, 0.1) is 12.2 Å². The van der Waals surface area contributed by atoms with Gasteiger partial charge in [0.25, 0.3) is 0 Å². The second-order valence-electron chi connectivity index (χ2n) is 5.65. The molecule has 1 rings (SSSR count). The predicted molar refractivity (Wildman–Crippen MR) is 108 cm³/mol. The van der Waals surface area contributed by atoms with Crippen molar-refractivity contribution in [2.24, 2.45) is 0 Å². The van der Waals surface area contributed by atoms with Gasteiger partial charge >= 0.3 is 12.2 Å². The monoisotopic (exact) mass is 398 g/mol. The van der Waals surface area contributed by atoms with Crippen molar-refractivity contribution >= 4 is 58.2 Å². The maximum Gasteiger partial charge on any atom is 0.413 e.